The molecule has 0 amide bonds. The lowest BCUT2D eigenvalue weighted by atomic mass is 9.98. The van der Waals surface area contributed by atoms with Crippen molar-refractivity contribution in [2.24, 2.45) is 0 Å². The number of rotatable bonds is 3. The van der Waals surface area contributed by atoms with Crippen LogP contribution in [0.25, 0.3) is 28.4 Å². The van der Waals surface area contributed by atoms with Crippen LogP contribution < -0.4 is 10.2 Å². The predicted molar refractivity (Wildman–Crippen MR) is 116 cm³/mol. The number of ether oxygens (including phenoxy) is 1. The summed E-state index contributed by atoms with van der Waals surface area (Å²) in [5.74, 6) is -1.32. The summed E-state index contributed by atoms with van der Waals surface area (Å²) >= 11 is 4.22. The summed E-state index contributed by atoms with van der Waals surface area (Å²) < 4.78 is 11.6. The van der Waals surface area contributed by atoms with Crippen LogP contribution in [0.3, 0.4) is 0 Å². The van der Waals surface area contributed by atoms with Gasteiger partial charge in [0.1, 0.15) is 35.0 Å². The van der Waals surface area contributed by atoms with Crippen molar-refractivity contribution in [3.63, 3.8) is 0 Å². The topological polar surface area (TPSA) is 120 Å². The van der Waals surface area contributed by atoms with Crippen molar-refractivity contribution >= 4 is 29.7 Å². The molecule has 154 valence electrons. The fourth-order valence-electron chi connectivity index (χ4n) is 3.36. The van der Waals surface area contributed by atoms with Crippen molar-refractivity contribution in [3.05, 3.63) is 56.6 Å². The van der Waals surface area contributed by atoms with Gasteiger partial charge in [0, 0.05) is 17.7 Å². The fraction of sp³-hybridized carbons (Fsp3) is 0.136. The highest BCUT2D eigenvalue weighted by Gasteiger charge is 2.25. The standard InChI is InChI=1S/C22H18O7S/c1-10(30)4-5-12-20(27)19-17(26)9-18-11(3-2-6-28-18)22(19)29-21(12)13-7-15(24)16(25)8-14(13)23/h2-4,7-9,23-26,30H,5-6H2,1H3/b10-4-. The molecule has 0 atom stereocenters. The Bertz CT molecular complexity index is 1300. The zero-order valence-corrected chi connectivity index (χ0v) is 16.7. The van der Waals surface area contributed by atoms with Gasteiger partial charge < -0.3 is 29.6 Å². The van der Waals surface area contributed by atoms with E-state index in [1.54, 1.807) is 25.2 Å². The van der Waals surface area contributed by atoms with Crippen LogP contribution in [0.1, 0.15) is 18.1 Å². The number of hydrogen-bond donors (Lipinski definition) is 5. The number of aromatic hydroxyl groups is 4. The molecule has 0 bridgehead atoms. The van der Waals surface area contributed by atoms with E-state index in [1.807, 2.05) is 0 Å². The molecule has 1 aromatic heterocycles. The lowest BCUT2D eigenvalue weighted by Gasteiger charge is -2.17. The number of thiol groups is 1. The molecule has 2 heterocycles. The number of phenols is 4. The Morgan fingerprint density at radius 2 is 1.83 bits per heavy atom. The van der Waals surface area contributed by atoms with E-state index in [0.717, 1.165) is 12.1 Å². The zero-order chi connectivity index (χ0) is 21.6. The molecule has 0 saturated heterocycles. The second-order valence-corrected chi connectivity index (χ2v) is 7.58. The summed E-state index contributed by atoms with van der Waals surface area (Å²) in [5, 5.41) is 40.4. The van der Waals surface area contributed by atoms with Crippen LogP contribution in [0.5, 0.6) is 28.7 Å². The molecule has 0 fully saturated rings. The molecular weight excluding hydrogens is 408 g/mol. The predicted octanol–water partition coefficient (Wildman–Crippen LogP) is 4.06. The van der Waals surface area contributed by atoms with Crippen molar-refractivity contribution in [2.75, 3.05) is 6.61 Å². The minimum Gasteiger partial charge on any atom is -0.507 e. The molecule has 4 N–H and O–H groups in total. The summed E-state index contributed by atoms with van der Waals surface area (Å²) in [6.45, 7) is 2.05. The second-order valence-electron chi connectivity index (χ2n) is 6.87. The van der Waals surface area contributed by atoms with Gasteiger partial charge in [0.05, 0.1) is 11.1 Å². The Balaban J connectivity index is 2.14. The molecule has 0 unspecified atom stereocenters. The highest BCUT2D eigenvalue weighted by molar-refractivity contribution is 7.84. The van der Waals surface area contributed by atoms with Gasteiger partial charge in [0.25, 0.3) is 0 Å². The highest BCUT2D eigenvalue weighted by Crippen LogP contribution is 2.43. The van der Waals surface area contributed by atoms with Gasteiger partial charge in [0.15, 0.2) is 17.1 Å². The van der Waals surface area contributed by atoms with Gasteiger partial charge in [-0.1, -0.05) is 6.08 Å². The molecule has 4 rings (SSSR count). The normalized spacial score (nSPS) is 13.3. The average molecular weight is 426 g/mol. The van der Waals surface area contributed by atoms with Gasteiger partial charge in [-0.15, -0.1) is 12.6 Å². The summed E-state index contributed by atoms with van der Waals surface area (Å²) in [7, 11) is 0. The molecule has 0 spiro atoms. The Kier molecular flexibility index (Phi) is 4.87. The van der Waals surface area contributed by atoms with Crippen molar-refractivity contribution in [3.8, 4) is 40.1 Å². The Morgan fingerprint density at radius 3 is 2.57 bits per heavy atom. The Morgan fingerprint density at radius 1 is 1.10 bits per heavy atom. The van der Waals surface area contributed by atoms with Crippen LogP contribution >= 0.6 is 12.6 Å². The van der Waals surface area contributed by atoms with E-state index in [9.17, 15) is 25.2 Å². The number of hydrogen-bond acceptors (Lipinski definition) is 8. The highest BCUT2D eigenvalue weighted by atomic mass is 32.1. The molecule has 0 saturated carbocycles. The van der Waals surface area contributed by atoms with Gasteiger partial charge in [0.2, 0.25) is 5.43 Å². The third-order valence-corrected chi connectivity index (χ3v) is 4.98. The van der Waals surface area contributed by atoms with Crippen LogP contribution in [0.4, 0.5) is 0 Å². The van der Waals surface area contributed by atoms with E-state index in [4.69, 9.17) is 9.15 Å². The molecule has 1 aliphatic rings. The molecule has 0 aliphatic carbocycles. The van der Waals surface area contributed by atoms with Crippen LogP contribution in [0.2, 0.25) is 0 Å². The quantitative estimate of drug-likeness (QED) is 0.243. The minimum absolute atomic E-state index is 0.00194. The van der Waals surface area contributed by atoms with E-state index >= 15 is 0 Å². The number of fused-ring (bicyclic) bond motifs is 3. The van der Waals surface area contributed by atoms with Gasteiger partial charge in [-0.3, -0.25) is 4.79 Å². The molecular formula is C22H18O7S. The molecule has 0 radical (unpaired) electrons. The van der Waals surface area contributed by atoms with Crippen LogP contribution in [-0.4, -0.2) is 27.0 Å². The van der Waals surface area contributed by atoms with E-state index in [0.29, 0.717) is 22.8 Å². The van der Waals surface area contributed by atoms with Gasteiger partial charge in [-0.25, -0.2) is 0 Å². The van der Waals surface area contributed by atoms with E-state index in [1.165, 1.54) is 6.07 Å². The Labute approximate surface area is 176 Å². The lowest BCUT2D eigenvalue weighted by Crippen LogP contribution is -2.12. The van der Waals surface area contributed by atoms with Crippen LogP contribution in [0.15, 0.2) is 44.5 Å². The zero-order valence-electron chi connectivity index (χ0n) is 15.8. The van der Waals surface area contributed by atoms with Gasteiger partial charge in [-0.2, -0.15) is 0 Å². The van der Waals surface area contributed by atoms with E-state index in [-0.39, 0.29) is 45.8 Å². The summed E-state index contributed by atoms with van der Waals surface area (Å²) in [4.78, 5) is 14.0. The monoisotopic (exact) mass is 426 g/mol. The maximum Gasteiger partial charge on any atom is 0.200 e. The smallest absolute Gasteiger partial charge is 0.200 e. The average Bonchev–Trinajstić information content (AvgIpc) is 2.69. The fourth-order valence-corrected chi connectivity index (χ4v) is 3.45. The maximum absolute atomic E-state index is 13.4. The summed E-state index contributed by atoms with van der Waals surface area (Å²) in [6.07, 6.45) is 5.25. The molecule has 2 aromatic carbocycles. The molecule has 1 aliphatic heterocycles. The maximum atomic E-state index is 13.4. The molecule has 3 aromatic rings. The number of benzene rings is 2. The van der Waals surface area contributed by atoms with E-state index < -0.39 is 16.9 Å². The van der Waals surface area contributed by atoms with E-state index in [2.05, 4.69) is 12.6 Å². The van der Waals surface area contributed by atoms with Crippen LogP contribution in [-0.2, 0) is 6.42 Å². The van der Waals surface area contributed by atoms with Gasteiger partial charge in [-0.05, 0) is 36.5 Å². The largest absolute Gasteiger partial charge is 0.507 e. The van der Waals surface area contributed by atoms with Crippen molar-refractivity contribution in [1.82, 2.24) is 0 Å². The molecule has 8 heteroatoms. The van der Waals surface area contributed by atoms with Crippen LogP contribution in [0, 0.1) is 0 Å². The lowest BCUT2D eigenvalue weighted by molar-refractivity contribution is 0.355. The first kappa shape index (κ1) is 19.8. The second kappa shape index (κ2) is 7.38. The first-order valence-corrected chi connectivity index (χ1v) is 9.48. The van der Waals surface area contributed by atoms with Crippen molar-refractivity contribution in [2.45, 2.75) is 13.3 Å². The molecule has 7 nitrogen and oxygen atoms in total. The molecule has 30 heavy (non-hydrogen) atoms. The summed E-state index contributed by atoms with van der Waals surface area (Å²) in [5.41, 5.74) is 0.225. The third-order valence-electron chi connectivity index (χ3n) is 4.80. The van der Waals surface area contributed by atoms with Crippen molar-refractivity contribution < 1.29 is 29.6 Å². The van der Waals surface area contributed by atoms with Crippen molar-refractivity contribution in [1.29, 1.82) is 0 Å². The SMILES string of the molecule is C/C(S)=C/Cc1c(-c2cc(O)c(O)cc2O)oc2c3c(cc(O)c2c1=O)OCC=C3. The number of allylic oxidation sites excluding steroid dienone is 2. The Hall–Kier alpha value is -3.52. The summed E-state index contributed by atoms with van der Waals surface area (Å²) in [6, 6.07) is 3.43. The first-order valence-electron chi connectivity index (χ1n) is 9.04. The third kappa shape index (κ3) is 3.25. The first-order chi connectivity index (χ1) is 14.3. The number of phenolic OH excluding ortho intramolecular Hbond substituents is 4. The van der Waals surface area contributed by atoms with Gasteiger partial charge >= 0.3 is 0 Å². The minimum atomic E-state index is -0.515.